The van der Waals surface area contributed by atoms with Crippen LogP contribution >= 0.6 is 0 Å². The molecule has 23 heavy (non-hydrogen) atoms. The van der Waals surface area contributed by atoms with Crippen molar-refractivity contribution < 1.29 is 4.79 Å². The first-order valence-corrected chi connectivity index (χ1v) is 8.30. The second kappa shape index (κ2) is 6.55. The molecule has 1 amide bonds. The fourth-order valence-corrected chi connectivity index (χ4v) is 3.39. The molecular formula is C20H24N2O. The number of anilines is 1. The zero-order valence-electron chi connectivity index (χ0n) is 14.0. The zero-order valence-corrected chi connectivity index (χ0v) is 14.0. The van der Waals surface area contributed by atoms with Crippen LogP contribution in [0.1, 0.15) is 37.9 Å². The molecule has 3 atom stereocenters. The number of amides is 1. The summed E-state index contributed by atoms with van der Waals surface area (Å²) in [6, 6.07) is 18.6. The number of nitrogens with one attached hydrogen (secondary N) is 1. The predicted molar refractivity (Wildman–Crippen MR) is 94.5 cm³/mol. The largest absolute Gasteiger partial charge is 0.308 e. The maximum absolute atomic E-state index is 12.9. The van der Waals surface area contributed by atoms with Gasteiger partial charge < -0.3 is 4.90 Å². The molecule has 120 valence electrons. The Bertz CT molecular complexity index is 683. The molecule has 1 heterocycles. The van der Waals surface area contributed by atoms with Crippen molar-refractivity contribution in [3.63, 3.8) is 0 Å². The van der Waals surface area contributed by atoms with Crippen molar-refractivity contribution in [3.8, 4) is 0 Å². The molecular weight excluding hydrogens is 284 g/mol. The summed E-state index contributed by atoms with van der Waals surface area (Å²) in [5.74, 6) is 0.144. The summed E-state index contributed by atoms with van der Waals surface area (Å²) in [6.45, 7) is 6.17. The first-order valence-electron chi connectivity index (χ1n) is 8.30. The minimum Gasteiger partial charge on any atom is -0.308 e. The Hall–Kier alpha value is -2.13. The molecule has 1 aliphatic heterocycles. The summed E-state index contributed by atoms with van der Waals surface area (Å²) in [6.07, 6.45) is 0.933. The van der Waals surface area contributed by atoms with E-state index in [9.17, 15) is 4.79 Å². The molecule has 0 aromatic heterocycles. The zero-order chi connectivity index (χ0) is 16.4. The Morgan fingerprint density at radius 3 is 2.48 bits per heavy atom. The molecule has 3 heteroatoms. The Balaban J connectivity index is 1.73. The van der Waals surface area contributed by atoms with Gasteiger partial charge in [-0.2, -0.15) is 0 Å². The molecule has 3 nitrogen and oxygen atoms in total. The van der Waals surface area contributed by atoms with Crippen molar-refractivity contribution in [2.45, 2.75) is 45.3 Å². The molecule has 2 aromatic carbocycles. The Morgan fingerprint density at radius 1 is 1.09 bits per heavy atom. The van der Waals surface area contributed by atoms with E-state index in [1.54, 1.807) is 0 Å². The van der Waals surface area contributed by atoms with Gasteiger partial charge in [-0.05, 0) is 44.4 Å². The lowest BCUT2D eigenvalue weighted by atomic mass is 10.1. The van der Waals surface area contributed by atoms with Crippen LogP contribution in [0.2, 0.25) is 0 Å². The van der Waals surface area contributed by atoms with Crippen LogP contribution in [-0.2, 0) is 11.2 Å². The minimum absolute atomic E-state index is 0.142. The summed E-state index contributed by atoms with van der Waals surface area (Å²) >= 11 is 0. The van der Waals surface area contributed by atoms with E-state index in [1.807, 2.05) is 48.2 Å². The van der Waals surface area contributed by atoms with Crippen LogP contribution in [0.5, 0.6) is 0 Å². The van der Waals surface area contributed by atoms with Gasteiger partial charge in [-0.3, -0.25) is 10.1 Å². The number of fused-ring (bicyclic) bond motifs is 1. The van der Waals surface area contributed by atoms with Gasteiger partial charge in [0.15, 0.2) is 0 Å². The van der Waals surface area contributed by atoms with Crippen molar-refractivity contribution in [2.75, 3.05) is 4.90 Å². The highest BCUT2D eigenvalue weighted by molar-refractivity contribution is 5.99. The van der Waals surface area contributed by atoms with Crippen molar-refractivity contribution in [1.29, 1.82) is 0 Å². The monoisotopic (exact) mass is 308 g/mol. The average molecular weight is 308 g/mol. The molecule has 3 unspecified atom stereocenters. The number of para-hydroxylation sites is 1. The van der Waals surface area contributed by atoms with Crippen LogP contribution in [0.15, 0.2) is 54.6 Å². The van der Waals surface area contributed by atoms with Crippen LogP contribution in [0.3, 0.4) is 0 Å². The second-order valence-electron chi connectivity index (χ2n) is 6.41. The third kappa shape index (κ3) is 3.15. The summed E-state index contributed by atoms with van der Waals surface area (Å²) < 4.78 is 0. The highest BCUT2D eigenvalue weighted by atomic mass is 16.2. The SMILES string of the molecule is CC(NC(C)c1ccccc1)C(=O)N1c2ccccc2CC1C. The van der Waals surface area contributed by atoms with Crippen LogP contribution in [0.25, 0.3) is 0 Å². The molecule has 1 aliphatic rings. The molecule has 3 rings (SSSR count). The van der Waals surface area contributed by atoms with Crippen molar-refractivity contribution in [1.82, 2.24) is 5.32 Å². The van der Waals surface area contributed by atoms with E-state index in [1.165, 1.54) is 11.1 Å². The Morgan fingerprint density at radius 2 is 1.74 bits per heavy atom. The molecule has 0 spiro atoms. The van der Waals surface area contributed by atoms with Gasteiger partial charge in [0.1, 0.15) is 0 Å². The van der Waals surface area contributed by atoms with Crippen LogP contribution in [0, 0.1) is 0 Å². The van der Waals surface area contributed by atoms with Gasteiger partial charge in [0.25, 0.3) is 0 Å². The fraction of sp³-hybridized carbons (Fsp3) is 0.350. The molecule has 1 N–H and O–H groups in total. The average Bonchev–Trinajstić information content (AvgIpc) is 2.90. The van der Waals surface area contributed by atoms with E-state index < -0.39 is 0 Å². The summed E-state index contributed by atoms with van der Waals surface area (Å²) in [7, 11) is 0. The van der Waals surface area contributed by atoms with Gasteiger partial charge in [0.05, 0.1) is 6.04 Å². The van der Waals surface area contributed by atoms with Crippen LogP contribution in [-0.4, -0.2) is 18.0 Å². The smallest absolute Gasteiger partial charge is 0.244 e. The lowest BCUT2D eigenvalue weighted by Crippen LogP contribution is -2.47. The summed E-state index contributed by atoms with van der Waals surface area (Å²) in [4.78, 5) is 14.9. The minimum atomic E-state index is -0.223. The predicted octanol–water partition coefficient (Wildman–Crippen LogP) is 3.70. The molecule has 2 aromatic rings. The molecule has 0 saturated heterocycles. The Labute approximate surface area is 138 Å². The van der Waals surface area contributed by atoms with Gasteiger partial charge in [-0.15, -0.1) is 0 Å². The number of benzene rings is 2. The number of nitrogens with zero attached hydrogens (tertiary/aromatic N) is 1. The second-order valence-corrected chi connectivity index (χ2v) is 6.41. The van der Waals surface area contributed by atoms with Gasteiger partial charge in [0, 0.05) is 17.8 Å². The van der Waals surface area contributed by atoms with Gasteiger partial charge in [-0.25, -0.2) is 0 Å². The van der Waals surface area contributed by atoms with E-state index in [2.05, 4.69) is 37.4 Å². The molecule has 0 radical (unpaired) electrons. The van der Waals surface area contributed by atoms with Crippen LogP contribution in [0.4, 0.5) is 5.69 Å². The van der Waals surface area contributed by atoms with E-state index in [0.717, 1.165) is 12.1 Å². The van der Waals surface area contributed by atoms with Gasteiger partial charge >= 0.3 is 0 Å². The topological polar surface area (TPSA) is 32.3 Å². The highest BCUT2D eigenvalue weighted by Crippen LogP contribution is 2.32. The summed E-state index contributed by atoms with van der Waals surface area (Å²) in [5.41, 5.74) is 3.52. The number of hydrogen-bond acceptors (Lipinski definition) is 2. The Kier molecular flexibility index (Phi) is 4.49. The van der Waals surface area contributed by atoms with Crippen LogP contribution < -0.4 is 10.2 Å². The highest BCUT2D eigenvalue weighted by Gasteiger charge is 2.33. The lowest BCUT2D eigenvalue weighted by Gasteiger charge is -2.28. The molecule has 0 bridgehead atoms. The standard InChI is InChI=1S/C20H24N2O/c1-14-13-18-11-7-8-12-19(18)22(14)20(23)16(3)21-15(2)17-9-5-4-6-10-17/h4-12,14-16,21H,13H2,1-3H3. The normalized spacial score (nSPS) is 19.3. The van der Waals surface area contributed by atoms with E-state index in [4.69, 9.17) is 0 Å². The van der Waals surface area contributed by atoms with Gasteiger partial charge in [-0.1, -0.05) is 48.5 Å². The third-order valence-corrected chi connectivity index (χ3v) is 4.61. The lowest BCUT2D eigenvalue weighted by molar-refractivity contribution is -0.120. The molecule has 0 aliphatic carbocycles. The van der Waals surface area contributed by atoms with E-state index >= 15 is 0 Å². The summed E-state index contributed by atoms with van der Waals surface area (Å²) in [5, 5.41) is 3.43. The maximum atomic E-state index is 12.9. The fourth-order valence-electron chi connectivity index (χ4n) is 3.39. The molecule has 0 fully saturated rings. The molecule has 0 saturated carbocycles. The first-order chi connectivity index (χ1) is 11.1. The number of carbonyl (C=O) groups excluding carboxylic acids is 1. The first kappa shape index (κ1) is 15.8. The van der Waals surface area contributed by atoms with E-state index in [0.29, 0.717) is 0 Å². The quantitative estimate of drug-likeness (QED) is 0.934. The van der Waals surface area contributed by atoms with Crippen molar-refractivity contribution in [3.05, 3.63) is 65.7 Å². The van der Waals surface area contributed by atoms with E-state index in [-0.39, 0.29) is 24.0 Å². The third-order valence-electron chi connectivity index (χ3n) is 4.61. The van der Waals surface area contributed by atoms with Crippen molar-refractivity contribution in [2.24, 2.45) is 0 Å². The van der Waals surface area contributed by atoms with Gasteiger partial charge in [0.2, 0.25) is 5.91 Å². The van der Waals surface area contributed by atoms with Crippen molar-refractivity contribution >= 4 is 11.6 Å². The maximum Gasteiger partial charge on any atom is 0.244 e. The number of carbonyl (C=O) groups is 1. The number of rotatable bonds is 4. The number of hydrogen-bond donors (Lipinski definition) is 1.